The van der Waals surface area contributed by atoms with Crippen LogP contribution in [0.2, 0.25) is 0 Å². The molecule has 0 atom stereocenters. The largest absolute Gasteiger partial charge is 0.494 e. The van der Waals surface area contributed by atoms with Crippen LogP contribution in [0.4, 0.5) is 0 Å². The third-order valence-electron chi connectivity index (χ3n) is 3.36. The molecule has 1 aromatic carbocycles. The second-order valence-corrected chi connectivity index (χ2v) is 4.77. The molecule has 1 saturated heterocycles. The lowest BCUT2D eigenvalue weighted by atomic mass is 10.1. The van der Waals surface area contributed by atoms with Crippen LogP contribution in [0.1, 0.15) is 42.1 Å². The Morgan fingerprint density at radius 1 is 1.28 bits per heavy atom. The van der Waals surface area contributed by atoms with Gasteiger partial charge < -0.3 is 9.64 Å². The molecule has 0 spiro atoms. The Kier molecular flexibility index (Phi) is 4.24. The van der Waals surface area contributed by atoms with Gasteiger partial charge in [0.2, 0.25) is 0 Å². The molecule has 18 heavy (non-hydrogen) atoms. The summed E-state index contributed by atoms with van der Waals surface area (Å²) in [7, 11) is 0. The molecule has 2 rings (SSSR count). The number of hydrogen-bond donors (Lipinski definition) is 0. The van der Waals surface area contributed by atoms with Gasteiger partial charge in [0.25, 0.3) is 5.91 Å². The average molecular weight is 247 g/mol. The maximum absolute atomic E-state index is 12.3. The van der Waals surface area contributed by atoms with E-state index in [0.29, 0.717) is 6.61 Å². The quantitative estimate of drug-likeness (QED) is 0.821. The minimum atomic E-state index is 0.154. The summed E-state index contributed by atoms with van der Waals surface area (Å²) in [6.45, 7) is 6.39. The molecule has 1 fully saturated rings. The zero-order valence-electron chi connectivity index (χ0n) is 11.2. The smallest absolute Gasteiger partial charge is 0.253 e. The van der Waals surface area contributed by atoms with Gasteiger partial charge in [-0.05, 0) is 56.9 Å². The summed E-state index contributed by atoms with van der Waals surface area (Å²) in [5.41, 5.74) is 1.80. The number of benzene rings is 1. The van der Waals surface area contributed by atoms with Crippen LogP contribution in [0.5, 0.6) is 5.75 Å². The van der Waals surface area contributed by atoms with Crippen LogP contribution in [0.3, 0.4) is 0 Å². The molecule has 1 aromatic rings. The Bertz CT molecular complexity index is 423. The maximum atomic E-state index is 12.3. The van der Waals surface area contributed by atoms with Crippen molar-refractivity contribution in [3.63, 3.8) is 0 Å². The first-order valence-corrected chi connectivity index (χ1v) is 6.75. The summed E-state index contributed by atoms with van der Waals surface area (Å²) in [5.74, 6) is 1.02. The maximum Gasteiger partial charge on any atom is 0.253 e. The molecule has 0 radical (unpaired) electrons. The molecule has 0 aliphatic carbocycles. The van der Waals surface area contributed by atoms with Crippen LogP contribution >= 0.6 is 0 Å². The van der Waals surface area contributed by atoms with Crippen LogP contribution in [0, 0.1) is 6.92 Å². The van der Waals surface area contributed by atoms with Gasteiger partial charge in [-0.2, -0.15) is 0 Å². The van der Waals surface area contributed by atoms with Crippen LogP contribution in [-0.2, 0) is 0 Å². The van der Waals surface area contributed by atoms with Crippen LogP contribution in [0.15, 0.2) is 18.2 Å². The number of rotatable bonds is 3. The highest BCUT2D eigenvalue weighted by molar-refractivity contribution is 5.94. The van der Waals surface area contributed by atoms with Gasteiger partial charge in [0.1, 0.15) is 5.75 Å². The van der Waals surface area contributed by atoms with E-state index in [1.807, 2.05) is 36.9 Å². The lowest BCUT2D eigenvalue weighted by Gasteiger charge is -2.27. The minimum Gasteiger partial charge on any atom is -0.494 e. The molecule has 0 bridgehead atoms. The SMILES string of the molecule is CCOc1ccc(C(=O)N2CCCCC2)cc1C. The van der Waals surface area contributed by atoms with E-state index in [-0.39, 0.29) is 5.91 Å². The van der Waals surface area contributed by atoms with Crippen LogP contribution < -0.4 is 4.74 Å². The third kappa shape index (κ3) is 2.84. The normalized spacial score (nSPS) is 15.6. The topological polar surface area (TPSA) is 29.5 Å². The number of amides is 1. The van der Waals surface area contributed by atoms with Gasteiger partial charge in [0.05, 0.1) is 6.61 Å². The number of carbonyl (C=O) groups is 1. The van der Waals surface area contributed by atoms with E-state index in [2.05, 4.69) is 0 Å². The molecule has 0 unspecified atom stereocenters. The van der Waals surface area contributed by atoms with Gasteiger partial charge in [-0.1, -0.05) is 0 Å². The molecular formula is C15H21NO2. The summed E-state index contributed by atoms with van der Waals surface area (Å²) >= 11 is 0. The highest BCUT2D eigenvalue weighted by Gasteiger charge is 2.18. The lowest BCUT2D eigenvalue weighted by molar-refractivity contribution is 0.0724. The van der Waals surface area contributed by atoms with E-state index < -0.39 is 0 Å². The molecule has 1 aliphatic heterocycles. The van der Waals surface area contributed by atoms with Crippen molar-refractivity contribution in [2.45, 2.75) is 33.1 Å². The molecule has 1 amide bonds. The summed E-state index contributed by atoms with van der Waals surface area (Å²) in [4.78, 5) is 14.3. The van der Waals surface area contributed by atoms with Crippen LogP contribution in [0.25, 0.3) is 0 Å². The third-order valence-corrected chi connectivity index (χ3v) is 3.36. The summed E-state index contributed by atoms with van der Waals surface area (Å²) in [6.07, 6.45) is 3.50. The Morgan fingerprint density at radius 3 is 2.61 bits per heavy atom. The fourth-order valence-corrected chi connectivity index (χ4v) is 2.38. The number of ether oxygens (including phenoxy) is 1. The predicted octanol–water partition coefficient (Wildman–Crippen LogP) is 3.02. The number of nitrogens with zero attached hydrogens (tertiary/aromatic N) is 1. The fourth-order valence-electron chi connectivity index (χ4n) is 2.38. The standard InChI is InChI=1S/C15H21NO2/c1-3-18-14-8-7-13(11-12(14)2)15(17)16-9-5-4-6-10-16/h7-8,11H,3-6,9-10H2,1-2H3. The predicted molar refractivity (Wildman–Crippen MR) is 72.1 cm³/mol. The molecule has 1 aliphatic rings. The highest BCUT2D eigenvalue weighted by atomic mass is 16.5. The van der Waals surface area contributed by atoms with Crippen molar-refractivity contribution in [1.82, 2.24) is 4.90 Å². The van der Waals surface area contributed by atoms with Crippen molar-refractivity contribution < 1.29 is 9.53 Å². The first-order valence-electron chi connectivity index (χ1n) is 6.75. The molecule has 0 N–H and O–H groups in total. The highest BCUT2D eigenvalue weighted by Crippen LogP contribution is 2.21. The van der Waals surface area contributed by atoms with Gasteiger partial charge >= 0.3 is 0 Å². The second kappa shape index (κ2) is 5.89. The van der Waals surface area contributed by atoms with Crippen molar-refractivity contribution in [2.24, 2.45) is 0 Å². The van der Waals surface area contributed by atoms with E-state index in [9.17, 15) is 4.79 Å². The second-order valence-electron chi connectivity index (χ2n) is 4.77. The van der Waals surface area contributed by atoms with Crippen molar-refractivity contribution in [2.75, 3.05) is 19.7 Å². The molecule has 98 valence electrons. The Hall–Kier alpha value is -1.51. The molecule has 3 nitrogen and oxygen atoms in total. The first kappa shape index (κ1) is 12.9. The van der Waals surface area contributed by atoms with E-state index >= 15 is 0 Å². The van der Waals surface area contributed by atoms with Gasteiger partial charge in [-0.25, -0.2) is 0 Å². The average Bonchev–Trinajstić information content (AvgIpc) is 2.41. The Morgan fingerprint density at radius 2 is 2.00 bits per heavy atom. The van der Waals surface area contributed by atoms with E-state index in [1.54, 1.807) is 0 Å². The van der Waals surface area contributed by atoms with E-state index in [4.69, 9.17) is 4.74 Å². The van der Waals surface area contributed by atoms with Crippen molar-refractivity contribution in [3.8, 4) is 5.75 Å². The summed E-state index contributed by atoms with van der Waals surface area (Å²) in [6, 6.07) is 5.70. The van der Waals surface area contributed by atoms with Gasteiger partial charge in [0.15, 0.2) is 0 Å². The van der Waals surface area contributed by atoms with Crippen LogP contribution in [-0.4, -0.2) is 30.5 Å². The lowest BCUT2D eigenvalue weighted by Crippen LogP contribution is -2.35. The Labute approximate surface area is 109 Å². The number of carbonyl (C=O) groups excluding carboxylic acids is 1. The minimum absolute atomic E-state index is 0.154. The first-order chi connectivity index (χ1) is 8.72. The zero-order valence-corrected chi connectivity index (χ0v) is 11.2. The van der Waals surface area contributed by atoms with E-state index in [1.165, 1.54) is 6.42 Å². The van der Waals surface area contributed by atoms with Crippen molar-refractivity contribution in [3.05, 3.63) is 29.3 Å². The molecule has 0 saturated carbocycles. The number of likely N-dealkylation sites (tertiary alicyclic amines) is 1. The number of aryl methyl sites for hydroxylation is 1. The van der Waals surface area contributed by atoms with Crippen molar-refractivity contribution in [1.29, 1.82) is 0 Å². The number of piperidine rings is 1. The fraction of sp³-hybridized carbons (Fsp3) is 0.533. The summed E-state index contributed by atoms with van der Waals surface area (Å²) in [5, 5.41) is 0. The molecule has 1 heterocycles. The van der Waals surface area contributed by atoms with Gasteiger partial charge in [0, 0.05) is 18.7 Å². The van der Waals surface area contributed by atoms with Gasteiger partial charge in [-0.15, -0.1) is 0 Å². The Balaban J connectivity index is 2.12. The monoisotopic (exact) mass is 247 g/mol. The summed E-state index contributed by atoms with van der Waals surface area (Å²) < 4.78 is 5.49. The molecule has 0 aromatic heterocycles. The number of hydrogen-bond acceptors (Lipinski definition) is 2. The molecular weight excluding hydrogens is 226 g/mol. The van der Waals surface area contributed by atoms with Crippen molar-refractivity contribution >= 4 is 5.91 Å². The molecule has 3 heteroatoms. The van der Waals surface area contributed by atoms with Gasteiger partial charge in [-0.3, -0.25) is 4.79 Å². The zero-order chi connectivity index (χ0) is 13.0. The van der Waals surface area contributed by atoms with E-state index in [0.717, 1.165) is 42.8 Å².